The smallest absolute Gasteiger partial charge is 0.159 e. The zero-order valence-electron chi connectivity index (χ0n) is 10.5. The van der Waals surface area contributed by atoms with Gasteiger partial charge in [-0.15, -0.1) is 0 Å². The van der Waals surface area contributed by atoms with Gasteiger partial charge in [0, 0.05) is 6.61 Å². The Morgan fingerprint density at radius 2 is 1.94 bits per heavy atom. The summed E-state index contributed by atoms with van der Waals surface area (Å²) < 4.78 is 31.6. The SMILES string of the molecule is CCOC(C)(CC)C(N)c1ccc(F)c(F)c1. The van der Waals surface area contributed by atoms with Gasteiger partial charge in [-0.2, -0.15) is 0 Å². The molecule has 0 saturated heterocycles. The Bertz CT molecular complexity index is 384. The normalized spacial score (nSPS) is 16.6. The van der Waals surface area contributed by atoms with Crippen molar-refractivity contribution in [3.05, 3.63) is 35.4 Å². The summed E-state index contributed by atoms with van der Waals surface area (Å²) in [5.74, 6) is -1.75. The number of benzene rings is 1. The van der Waals surface area contributed by atoms with E-state index in [1.165, 1.54) is 6.07 Å². The van der Waals surface area contributed by atoms with E-state index in [2.05, 4.69) is 0 Å². The molecule has 0 aromatic heterocycles. The Labute approximate surface area is 101 Å². The number of halogens is 2. The van der Waals surface area contributed by atoms with Crippen molar-refractivity contribution >= 4 is 0 Å². The zero-order chi connectivity index (χ0) is 13.1. The van der Waals surface area contributed by atoms with Gasteiger partial charge in [0.2, 0.25) is 0 Å². The fourth-order valence-corrected chi connectivity index (χ4v) is 1.80. The average molecular weight is 243 g/mol. The first kappa shape index (κ1) is 14.1. The molecule has 0 radical (unpaired) electrons. The molecular weight excluding hydrogens is 224 g/mol. The molecule has 2 N–H and O–H groups in total. The fraction of sp³-hybridized carbons (Fsp3) is 0.538. The zero-order valence-corrected chi connectivity index (χ0v) is 10.5. The van der Waals surface area contributed by atoms with Crippen molar-refractivity contribution in [3.63, 3.8) is 0 Å². The van der Waals surface area contributed by atoms with Gasteiger partial charge < -0.3 is 10.5 Å². The number of ether oxygens (including phenoxy) is 1. The van der Waals surface area contributed by atoms with E-state index < -0.39 is 23.3 Å². The summed E-state index contributed by atoms with van der Waals surface area (Å²) in [5, 5.41) is 0. The van der Waals surface area contributed by atoms with Crippen LogP contribution >= 0.6 is 0 Å². The van der Waals surface area contributed by atoms with Crippen LogP contribution in [-0.4, -0.2) is 12.2 Å². The van der Waals surface area contributed by atoms with Crippen LogP contribution in [0.1, 0.15) is 38.8 Å². The lowest BCUT2D eigenvalue weighted by Gasteiger charge is -2.34. The molecule has 2 atom stereocenters. The highest BCUT2D eigenvalue weighted by Gasteiger charge is 2.32. The standard InChI is InChI=1S/C13H19F2NO/c1-4-13(3,17-5-2)12(16)9-6-7-10(14)11(15)8-9/h6-8,12H,4-5,16H2,1-3H3. The van der Waals surface area contributed by atoms with Crippen LogP contribution in [0.15, 0.2) is 18.2 Å². The van der Waals surface area contributed by atoms with Crippen LogP contribution in [0.4, 0.5) is 8.78 Å². The highest BCUT2D eigenvalue weighted by molar-refractivity contribution is 5.23. The highest BCUT2D eigenvalue weighted by Crippen LogP contribution is 2.30. The van der Waals surface area contributed by atoms with E-state index in [1.54, 1.807) is 0 Å². The van der Waals surface area contributed by atoms with E-state index in [0.717, 1.165) is 12.1 Å². The molecule has 1 rings (SSSR count). The van der Waals surface area contributed by atoms with Crippen molar-refractivity contribution in [2.24, 2.45) is 5.73 Å². The van der Waals surface area contributed by atoms with E-state index in [-0.39, 0.29) is 0 Å². The number of hydrogen-bond acceptors (Lipinski definition) is 2. The Hall–Kier alpha value is -1.00. The summed E-state index contributed by atoms with van der Waals surface area (Å²) >= 11 is 0. The molecule has 0 amide bonds. The Morgan fingerprint density at radius 3 is 2.41 bits per heavy atom. The fourth-order valence-electron chi connectivity index (χ4n) is 1.80. The first-order valence-corrected chi connectivity index (χ1v) is 5.79. The largest absolute Gasteiger partial charge is 0.374 e. The molecule has 0 fully saturated rings. The van der Waals surface area contributed by atoms with Crippen molar-refractivity contribution in [3.8, 4) is 0 Å². The van der Waals surface area contributed by atoms with Crippen molar-refractivity contribution in [1.29, 1.82) is 0 Å². The molecule has 0 aliphatic heterocycles. The number of rotatable bonds is 5. The maximum Gasteiger partial charge on any atom is 0.159 e. The van der Waals surface area contributed by atoms with Gasteiger partial charge in [0.25, 0.3) is 0 Å². The molecule has 0 saturated carbocycles. The summed E-state index contributed by atoms with van der Waals surface area (Å²) in [7, 11) is 0. The molecule has 1 aromatic carbocycles. The van der Waals surface area contributed by atoms with Crippen LogP contribution in [0.5, 0.6) is 0 Å². The Balaban J connectivity index is 3.01. The monoisotopic (exact) mass is 243 g/mol. The van der Waals surface area contributed by atoms with Crippen molar-refractivity contribution in [1.82, 2.24) is 0 Å². The first-order valence-electron chi connectivity index (χ1n) is 5.79. The number of nitrogens with two attached hydrogens (primary N) is 1. The third-order valence-corrected chi connectivity index (χ3v) is 3.14. The van der Waals surface area contributed by atoms with Gasteiger partial charge in [-0.3, -0.25) is 0 Å². The molecule has 96 valence electrons. The number of hydrogen-bond donors (Lipinski definition) is 1. The maximum atomic E-state index is 13.1. The van der Waals surface area contributed by atoms with E-state index in [4.69, 9.17) is 10.5 Å². The van der Waals surface area contributed by atoms with Crippen molar-refractivity contribution in [2.45, 2.75) is 38.8 Å². The van der Waals surface area contributed by atoms with Crippen LogP contribution in [-0.2, 0) is 4.74 Å². The van der Waals surface area contributed by atoms with Crippen LogP contribution in [0, 0.1) is 11.6 Å². The summed E-state index contributed by atoms with van der Waals surface area (Å²) in [6.07, 6.45) is 0.695. The maximum absolute atomic E-state index is 13.1. The summed E-state index contributed by atoms with van der Waals surface area (Å²) in [4.78, 5) is 0. The molecule has 0 bridgehead atoms. The average Bonchev–Trinajstić information content (AvgIpc) is 2.32. The van der Waals surface area contributed by atoms with Gasteiger partial charge in [0.1, 0.15) is 0 Å². The predicted molar refractivity (Wildman–Crippen MR) is 63.6 cm³/mol. The second-order valence-corrected chi connectivity index (χ2v) is 4.25. The third kappa shape index (κ3) is 3.01. The van der Waals surface area contributed by atoms with Gasteiger partial charge in [-0.05, 0) is 38.0 Å². The first-order chi connectivity index (χ1) is 7.94. The quantitative estimate of drug-likeness (QED) is 0.862. The topological polar surface area (TPSA) is 35.2 Å². The molecule has 0 heterocycles. The van der Waals surface area contributed by atoms with Crippen LogP contribution in [0.3, 0.4) is 0 Å². The molecular formula is C13H19F2NO. The molecule has 17 heavy (non-hydrogen) atoms. The lowest BCUT2D eigenvalue weighted by Crippen LogP contribution is -2.40. The van der Waals surface area contributed by atoms with E-state index >= 15 is 0 Å². The van der Waals surface area contributed by atoms with Gasteiger partial charge >= 0.3 is 0 Å². The molecule has 4 heteroatoms. The Morgan fingerprint density at radius 1 is 1.29 bits per heavy atom. The molecule has 1 aromatic rings. The third-order valence-electron chi connectivity index (χ3n) is 3.14. The van der Waals surface area contributed by atoms with Crippen molar-refractivity contribution in [2.75, 3.05) is 6.61 Å². The minimum atomic E-state index is -0.882. The Kier molecular flexibility index (Phi) is 4.60. The minimum Gasteiger partial charge on any atom is -0.374 e. The highest BCUT2D eigenvalue weighted by atomic mass is 19.2. The summed E-state index contributed by atoms with van der Waals surface area (Å²) in [6, 6.07) is 3.23. The van der Waals surface area contributed by atoms with E-state index in [9.17, 15) is 8.78 Å². The molecule has 2 nitrogen and oxygen atoms in total. The molecule has 0 aliphatic rings. The second-order valence-electron chi connectivity index (χ2n) is 4.25. The van der Waals surface area contributed by atoms with Gasteiger partial charge in [-0.1, -0.05) is 13.0 Å². The summed E-state index contributed by atoms with van der Waals surface area (Å²) in [5.41, 5.74) is 6.05. The molecule has 0 aliphatic carbocycles. The molecule has 2 unspecified atom stereocenters. The molecule has 0 spiro atoms. The van der Waals surface area contributed by atoms with Crippen LogP contribution < -0.4 is 5.73 Å². The van der Waals surface area contributed by atoms with Gasteiger partial charge in [-0.25, -0.2) is 8.78 Å². The van der Waals surface area contributed by atoms with Gasteiger partial charge in [0.05, 0.1) is 11.6 Å². The predicted octanol–water partition coefficient (Wildman–Crippen LogP) is 3.17. The summed E-state index contributed by atoms with van der Waals surface area (Å²) in [6.45, 7) is 6.24. The van der Waals surface area contributed by atoms with Crippen LogP contribution in [0.25, 0.3) is 0 Å². The van der Waals surface area contributed by atoms with Gasteiger partial charge in [0.15, 0.2) is 11.6 Å². The lowest BCUT2D eigenvalue weighted by atomic mass is 9.88. The van der Waals surface area contributed by atoms with Crippen LogP contribution in [0.2, 0.25) is 0 Å². The van der Waals surface area contributed by atoms with E-state index in [1.807, 2.05) is 20.8 Å². The van der Waals surface area contributed by atoms with Crippen molar-refractivity contribution < 1.29 is 13.5 Å². The minimum absolute atomic E-state index is 0.484. The second kappa shape index (κ2) is 5.56. The lowest BCUT2D eigenvalue weighted by molar-refractivity contribution is -0.0473. The van der Waals surface area contributed by atoms with E-state index in [0.29, 0.717) is 18.6 Å².